The molecule has 0 aliphatic heterocycles. The van der Waals surface area contributed by atoms with E-state index in [9.17, 15) is 0 Å². The summed E-state index contributed by atoms with van der Waals surface area (Å²) in [4.78, 5) is 2.47. The van der Waals surface area contributed by atoms with Gasteiger partial charge in [0.25, 0.3) is 0 Å². The van der Waals surface area contributed by atoms with Crippen molar-refractivity contribution in [2.75, 3.05) is 4.90 Å². The molecular weight excluding hydrogens is 583 g/mol. The van der Waals surface area contributed by atoms with Crippen LogP contribution in [0, 0.1) is 0 Å². The normalized spacial score (nSPS) is 13.4. The van der Waals surface area contributed by atoms with E-state index in [1.165, 1.54) is 49.7 Å². The number of furan rings is 1. The van der Waals surface area contributed by atoms with E-state index in [4.69, 9.17) is 4.42 Å². The minimum Gasteiger partial charge on any atom is -0.456 e. The van der Waals surface area contributed by atoms with E-state index in [1.807, 2.05) is 6.07 Å². The van der Waals surface area contributed by atoms with Crippen LogP contribution in [0.25, 0.3) is 55.0 Å². The van der Waals surface area contributed by atoms with Crippen LogP contribution in [0.2, 0.25) is 0 Å². The summed E-state index contributed by atoms with van der Waals surface area (Å²) >= 11 is 0. The first-order chi connectivity index (χ1) is 23.4. The van der Waals surface area contributed by atoms with Crippen molar-refractivity contribution in [2.45, 2.75) is 39.0 Å². The highest BCUT2D eigenvalue weighted by atomic mass is 16.3. The third-order valence-corrected chi connectivity index (χ3v) is 10.4. The summed E-state index contributed by atoms with van der Waals surface area (Å²) in [7, 11) is 0. The lowest BCUT2D eigenvalue weighted by Crippen LogP contribution is -2.17. The average Bonchev–Trinajstić information content (AvgIpc) is 3.61. The molecule has 0 saturated carbocycles. The van der Waals surface area contributed by atoms with Gasteiger partial charge in [0.05, 0.1) is 16.8 Å². The quantitative estimate of drug-likeness (QED) is 0.191. The fourth-order valence-electron chi connectivity index (χ4n) is 8.04. The third-order valence-electron chi connectivity index (χ3n) is 10.4. The van der Waals surface area contributed by atoms with E-state index in [2.05, 4.69) is 172 Å². The van der Waals surface area contributed by atoms with Gasteiger partial charge in [0.15, 0.2) is 0 Å². The topological polar surface area (TPSA) is 16.4 Å². The molecule has 7 aromatic carbocycles. The van der Waals surface area contributed by atoms with Crippen molar-refractivity contribution >= 4 is 49.8 Å². The molecule has 1 aliphatic carbocycles. The van der Waals surface area contributed by atoms with Crippen molar-refractivity contribution in [1.82, 2.24) is 0 Å². The molecule has 8 aromatic rings. The van der Waals surface area contributed by atoms with E-state index in [-0.39, 0.29) is 5.41 Å². The molecule has 48 heavy (non-hydrogen) atoms. The molecule has 1 aliphatic rings. The summed E-state index contributed by atoms with van der Waals surface area (Å²) in [5.74, 6) is 0.441. The molecule has 0 fully saturated rings. The van der Waals surface area contributed by atoms with Gasteiger partial charge < -0.3 is 9.32 Å². The molecule has 9 rings (SSSR count). The Kier molecular flexibility index (Phi) is 6.39. The van der Waals surface area contributed by atoms with Crippen molar-refractivity contribution in [3.8, 4) is 22.3 Å². The van der Waals surface area contributed by atoms with Crippen LogP contribution in [0.15, 0.2) is 150 Å². The van der Waals surface area contributed by atoms with E-state index in [1.54, 1.807) is 0 Å². The van der Waals surface area contributed by atoms with Crippen molar-refractivity contribution < 1.29 is 4.42 Å². The number of para-hydroxylation sites is 1. The van der Waals surface area contributed by atoms with Gasteiger partial charge in [-0.1, -0.05) is 131 Å². The zero-order valence-electron chi connectivity index (χ0n) is 27.8. The fourth-order valence-corrected chi connectivity index (χ4v) is 8.04. The van der Waals surface area contributed by atoms with Crippen LogP contribution in [-0.2, 0) is 5.41 Å². The lowest BCUT2D eigenvalue weighted by atomic mass is 9.81. The molecule has 0 radical (unpaired) electrons. The van der Waals surface area contributed by atoms with E-state index >= 15 is 0 Å². The van der Waals surface area contributed by atoms with Gasteiger partial charge in [-0.15, -0.1) is 0 Å². The second-order valence-electron chi connectivity index (χ2n) is 13.9. The van der Waals surface area contributed by atoms with Crippen molar-refractivity contribution in [2.24, 2.45) is 0 Å². The summed E-state index contributed by atoms with van der Waals surface area (Å²) in [6.07, 6.45) is 0. The number of benzene rings is 7. The lowest BCUT2D eigenvalue weighted by molar-refractivity contribution is 0.659. The molecular formula is C46H37NO. The number of hydrogen-bond donors (Lipinski definition) is 0. The van der Waals surface area contributed by atoms with Crippen molar-refractivity contribution in [1.29, 1.82) is 0 Å². The van der Waals surface area contributed by atoms with Crippen LogP contribution in [0.1, 0.15) is 50.3 Å². The van der Waals surface area contributed by atoms with Crippen LogP contribution < -0.4 is 4.90 Å². The highest BCUT2D eigenvalue weighted by Gasteiger charge is 2.38. The Bertz CT molecular complexity index is 2520. The maximum atomic E-state index is 6.46. The standard InChI is InChI=1S/C46H37NO/c1-29(2)34-19-12-20-38-44(34)35-25-24-33(28-39(35)46(38,3)4)47(40-21-13-23-43-45(40)36-18-10-11-22-42(36)48-43)41-27-32-17-9-8-16-31(32)26-37(41)30-14-6-5-7-15-30/h5-29H,1-4H3. The minimum atomic E-state index is -0.142. The first-order valence-electron chi connectivity index (χ1n) is 17.0. The largest absolute Gasteiger partial charge is 0.456 e. The van der Waals surface area contributed by atoms with Gasteiger partial charge >= 0.3 is 0 Å². The Morgan fingerprint density at radius 1 is 0.562 bits per heavy atom. The number of rotatable bonds is 5. The molecule has 0 N–H and O–H groups in total. The van der Waals surface area contributed by atoms with Gasteiger partial charge in [0.1, 0.15) is 11.2 Å². The van der Waals surface area contributed by atoms with Crippen molar-refractivity contribution in [3.05, 3.63) is 162 Å². The van der Waals surface area contributed by atoms with Gasteiger partial charge in [-0.2, -0.15) is 0 Å². The molecule has 2 nitrogen and oxygen atoms in total. The van der Waals surface area contributed by atoms with Crippen LogP contribution in [-0.4, -0.2) is 0 Å². The first-order valence-corrected chi connectivity index (χ1v) is 17.0. The first kappa shape index (κ1) is 28.6. The van der Waals surface area contributed by atoms with Gasteiger partial charge in [-0.3, -0.25) is 0 Å². The number of anilines is 3. The van der Waals surface area contributed by atoms with Gasteiger partial charge in [-0.05, 0) is 92.5 Å². The van der Waals surface area contributed by atoms with E-state index in [0.717, 1.165) is 39.0 Å². The number of nitrogens with zero attached hydrogens (tertiary/aromatic N) is 1. The Morgan fingerprint density at radius 2 is 1.27 bits per heavy atom. The van der Waals surface area contributed by atoms with Gasteiger partial charge in [-0.25, -0.2) is 0 Å². The molecule has 0 unspecified atom stereocenters. The monoisotopic (exact) mass is 619 g/mol. The van der Waals surface area contributed by atoms with Crippen LogP contribution in [0.5, 0.6) is 0 Å². The van der Waals surface area contributed by atoms with Crippen LogP contribution >= 0.6 is 0 Å². The number of fused-ring (bicyclic) bond motifs is 7. The SMILES string of the molecule is CC(C)c1cccc2c1-c1ccc(N(c3cc4ccccc4cc3-c3ccccc3)c3cccc4oc5ccccc5c34)cc1C2(C)C. The van der Waals surface area contributed by atoms with Crippen LogP contribution in [0.3, 0.4) is 0 Å². The molecule has 0 atom stereocenters. The summed E-state index contributed by atoms with van der Waals surface area (Å²) < 4.78 is 6.46. The highest BCUT2D eigenvalue weighted by Crippen LogP contribution is 2.54. The molecule has 0 amide bonds. The van der Waals surface area contributed by atoms with E-state index in [0.29, 0.717) is 5.92 Å². The summed E-state index contributed by atoms with van der Waals surface area (Å²) in [6.45, 7) is 9.37. The zero-order valence-corrected chi connectivity index (χ0v) is 27.8. The minimum absolute atomic E-state index is 0.142. The maximum Gasteiger partial charge on any atom is 0.137 e. The summed E-state index contributed by atoms with van der Waals surface area (Å²) in [5.41, 5.74) is 14.3. The average molecular weight is 620 g/mol. The second kappa shape index (κ2) is 10.7. The fraction of sp³-hybridized carbons (Fsp3) is 0.130. The molecule has 0 saturated heterocycles. The van der Waals surface area contributed by atoms with Gasteiger partial charge in [0, 0.05) is 22.1 Å². The maximum absolute atomic E-state index is 6.46. The van der Waals surface area contributed by atoms with Gasteiger partial charge in [0.2, 0.25) is 0 Å². The smallest absolute Gasteiger partial charge is 0.137 e. The summed E-state index contributed by atoms with van der Waals surface area (Å²) in [5, 5.41) is 4.66. The predicted octanol–water partition coefficient (Wildman–Crippen LogP) is 13.3. The Morgan fingerprint density at radius 3 is 2.08 bits per heavy atom. The molecule has 0 spiro atoms. The Hall–Kier alpha value is -5.60. The number of hydrogen-bond acceptors (Lipinski definition) is 2. The third kappa shape index (κ3) is 4.26. The van der Waals surface area contributed by atoms with Crippen molar-refractivity contribution in [3.63, 3.8) is 0 Å². The van der Waals surface area contributed by atoms with E-state index < -0.39 is 0 Å². The zero-order chi connectivity index (χ0) is 32.6. The Labute approximate surface area is 281 Å². The Balaban J connectivity index is 1.38. The summed E-state index contributed by atoms with van der Waals surface area (Å²) in [6, 6.07) is 53.0. The van der Waals surface area contributed by atoms with Crippen LogP contribution in [0.4, 0.5) is 17.1 Å². The molecule has 232 valence electrons. The predicted molar refractivity (Wildman–Crippen MR) is 203 cm³/mol. The highest BCUT2D eigenvalue weighted by molar-refractivity contribution is 6.14. The molecule has 0 bridgehead atoms. The molecule has 1 heterocycles. The molecule has 1 aromatic heterocycles. The lowest BCUT2D eigenvalue weighted by Gasteiger charge is -2.30. The second-order valence-corrected chi connectivity index (χ2v) is 13.9. The molecule has 2 heteroatoms.